The standard InChI is InChI=1S/C27H35F2NO4/c1-4-33-24(32)12-10-19-9-11-23(26(29)25(19)28)34-17-22(31)16-30-27(2,3)15-18-13-20-7-5-6-8-21(20)14-18/h5-9,11,18,22,30-31H,4,10,12-17H2,1-3H3/t22-/m0/s1. The van der Waals surface area contributed by atoms with Crippen LogP contribution < -0.4 is 10.1 Å². The SMILES string of the molecule is CCOC(=O)CCc1ccc(OC[C@@H](O)CNC(C)(C)CC2Cc3ccccc3C2)c(F)c1F. The Balaban J connectivity index is 1.44. The summed E-state index contributed by atoms with van der Waals surface area (Å²) in [6, 6.07) is 11.2. The van der Waals surface area contributed by atoms with Gasteiger partial charge in [0.25, 0.3) is 0 Å². The van der Waals surface area contributed by atoms with Gasteiger partial charge < -0.3 is 19.9 Å². The predicted molar refractivity (Wildman–Crippen MR) is 127 cm³/mol. The monoisotopic (exact) mass is 475 g/mol. The fourth-order valence-corrected chi connectivity index (χ4v) is 4.57. The van der Waals surface area contributed by atoms with E-state index in [2.05, 4.69) is 43.4 Å². The number of aryl methyl sites for hydroxylation is 1. The molecule has 2 aromatic rings. The van der Waals surface area contributed by atoms with Crippen LogP contribution in [-0.4, -0.2) is 42.5 Å². The van der Waals surface area contributed by atoms with E-state index in [1.54, 1.807) is 6.92 Å². The Morgan fingerprint density at radius 2 is 1.82 bits per heavy atom. The fraction of sp³-hybridized carbons (Fsp3) is 0.519. The third-order valence-electron chi connectivity index (χ3n) is 6.21. The van der Waals surface area contributed by atoms with Crippen molar-refractivity contribution in [3.8, 4) is 5.75 Å². The molecule has 0 bridgehead atoms. The van der Waals surface area contributed by atoms with Gasteiger partial charge in [-0.15, -0.1) is 0 Å². The number of halogens is 2. The summed E-state index contributed by atoms with van der Waals surface area (Å²) in [5.41, 5.74) is 2.72. The van der Waals surface area contributed by atoms with Crippen molar-refractivity contribution >= 4 is 5.97 Å². The molecule has 0 fully saturated rings. The molecule has 0 heterocycles. The molecule has 1 atom stereocenters. The highest BCUT2D eigenvalue weighted by Crippen LogP contribution is 2.32. The summed E-state index contributed by atoms with van der Waals surface area (Å²) in [6.45, 7) is 6.24. The molecule has 0 aliphatic heterocycles. The van der Waals surface area contributed by atoms with Crippen LogP contribution in [0.5, 0.6) is 5.75 Å². The first kappa shape index (κ1) is 26.1. The lowest BCUT2D eigenvalue weighted by Crippen LogP contribution is -2.46. The molecule has 5 nitrogen and oxygen atoms in total. The normalized spacial score (nSPS) is 14.6. The molecular weight excluding hydrogens is 440 g/mol. The minimum Gasteiger partial charge on any atom is -0.488 e. The lowest BCUT2D eigenvalue weighted by molar-refractivity contribution is -0.143. The molecule has 1 aliphatic carbocycles. The maximum absolute atomic E-state index is 14.4. The maximum Gasteiger partial charge on any atom is 0.306 e. The average molecular weight is 476 g/mol. The van der Waals surface area contributed by atoms with E-state index >= 15 is 0 Å². The second-order valence-electron chi connectivity index (χ2n) is 9.63. The number of esters is 1. The topological polar surface area (TPSA) is 67.8 Å². The van der Waals surface area contributed by atoms with Gasteiger partial charge >= 0.3 is 5.97 Å². The Hall–Kier alpha value is -2.51. The Morgan fingerprint density at radius 1 is 1.15 bits per heavy atom. The van der Waals surface area contributed by atoms with E-state index in [0.29, 0.717) is 5.92 Å². The van der Waals surface area contributed by atoms with Gasteiger partial charge in [0.2, 0.25) is 5.82 Å². The molecule has 34 heavy (non-hydrogen) atoms. The number of carbonyl (C=O) groups excluding carboxylic acids is 1. The van der Waals surface area contributed by atoms with Crippen LogP contribution in [0.1, 0.15) is 50.3 Å². The van der Waals surface area contributed by atoms with Gasteiger partial charge in [0, 0.05) is 18.5 Å². The number of nitrogens with one attached hydrogen (secondary N) is 1. The van der Waals surface area contributed by atoms with Gasteiger partial charge in [-0.3, -0.25) is 4.79 Å². The summed E-state index contributed by atoms with van der Waals surface area (Å²) >= 11 is 0. The minimum absolute atomic E-state index is 0.0302. The molecule has 2 N–H and O–H groups in total. The van der Waals surface area contributed by atoms with Crippen molar-refractivity contribution in [3.05, 3.63) is 64.7 Å². The number of carbonyl (C=O) groups is 1. The summed E-state index contributed by atoms with van der Waals surface area (Å²) in [5, 5.41) is 13.7. The molecule has 2 aromatic carbocycles. The molecule has 0 aromatic heterocycles. The predicted octanol–water partition coefficient (Wildman–Crippen LogP) is 4.37. The molecule has 7 heteroatoms. The average Bonchev–Trinajstić information content (AvgIpc) is 3.19. The zero-order chi connectivity index (χ0) is 24.7. The van der Waals surface area contributed by atoms with Crippen molar-refractivity contribution in [2.75, 3.05) is 19.8 Å². The number of β-amino-alcohol motifs (C(OH)–C–C–N with tert-alkyl or cyclic N) is 1. The van der Waals surface area contributed by atoms with Crippen LogP contribution in [0.3, 0.4) is 0 Å². The number of hydrogen-bond acceptors (Lipinski definition) is 5. The number of fused-ring (bicyclic) bond motifs is 1. The van der Waals surface area contributed by atoms with Gasteiger partial charge in [-0.1, -0.05) is 30.3 Å². The van der Waals surface area contributed by atoms with Crippen molar-refractivity contribution in [1.82, 2.24) is 5.32 Å². The molecule has 0 saturated heterocycles. The summed E-state index contributed by atoms with van der Waals surface area (Å²) in [4.78, 5) is 11.4. The summed E-state index contributed by atoms with van der Waals surface area (Å²) in [7, 11) is 0. The van der Waals surface area contributed by atoms with Crippen LogP contribution in [0.25, 0.3) is 0 Å². The molecule has 0 unspecified atom stereocenters. The fourth-order valence-electron chi connectivity index (χ4n) is 4.57. The number of hydrogen-bond donors (Lipinski definition) is 2. The number of rotatable bonds is 12. The third-order valence-corrected chi connectivity index (χ3v) is 6.21. The second-order valence-corrected chi connectivity index (χ2v) is 9.63. The van der Waals surface area contributed by atoms with Gasteiger partial charge in [0.1, 0.15) is 12.7 Å². The van der Waals surface area contributed by atoms with E-state index in [9.17, 15) is 18.7 Å². The molecule has 1 aliphatic rings. The number of ether oxygens (including phenoxy) is 2. The van der Waals surface area contributed by atoms with Crippen molar-refractivity contribution in [2.24, 2.45) is 5.92 Å². The van der Waals surface area contributed by atoms with E-state index in [4.69, 9.17) is 9.47 Å². The van der Waals surface area contributed by atoms with E-state index in [1.165, 1.54) is 23.3 Å². The van der Waals surface area contributed by atoms with Crippen LogP contribution in [0.4, 0.5) is 8.78 Å². The highest BCUT2D eigenvalue weighted by molar-refractivity contribution is 5.69. The zero-order valence-corrected chi connectivity index (χ0v) is 20.2. The van der Waals surface area contributed by atoms with Crippen molar-refractivity contribution < 1.29 is 28.2 Å². The molecule has 0 saturated carbocycles. The molecule has 0 spiro atoms. The summed E-state index contributed by atoms with van der Waals surface area (Å²) in [5.74, 6) is -2.35. The van der Waals surface area contributed by atoms with Gasteiger partial charge in [-0.05, 0) is 75.1 Å². The van der Waals surface area contributed by atoms with Crippen molar-refractivity contribution in [1.29, 1.82) is 0 Å². The molecule has 186 valence electrons. The van der Waals surface area contributed by atoms with Gasteiger partial charge in [0.15, 0.2) is 11.6 Å². The van der Waals surface area contributed by atoms with Gasteiger partial charge in [-0.25, -0.2) is 4.39 Å². The molecule has 0 radical (unpaired) electrons. The van der Waals surface area contributed by atoms with Crippen LogP contribution in [0.15, 0.2) is 36.4 Å². The van der Waals surface area contributed by atoms with Crippen LogP contribution in [-0.2, 0) is 28.8 Å². The molecule has 0 amide bonds. The van der Waals surface area contributed by atoms with Gasteiger partial charge in [-0.2, -0.15) is 4.39 Å². The van der Waals surface area contributed by atoms with E-state index < -0.39 is 23.7 Å². The Morgan fingerprint density at radius 3 is 2.47 bits per heavy atom. The minimum atomic E-state index is -1.12. The Labute approximate surface area is 200 Å². The van der Waals surface area contributed by atoms with E-state index in [1.807, 2.05) is 0 Å². The van der Waals surface area contributed by atoms with Crippen LogP contribution in [0.2, 0.25) is 0 Å². The first-order valence-electron chi connectivity index (χ1n) is 11.9. The van der Waals surface area contributed by atoms with E-state index in [-0.39, 0.29) is 49.5 Å². The molecule has 3 rings (SSSR count). The maximum atomic E-state index is 14.4. The lowest BCUT2D eigenvalue weighted by atomic mass is 9.88. The van der Waals surface area contributed by atoms with Crippen molar-refractivity contribution in [3.63, 3.8) is 0 Å². The first-order valence-corrected chi connectivity index (χ1v) is 11.9. The summed E-state index contributed by atoms with van der Waals surface area (Å²) in [6.07, 6.45) is 2.21. The van der Waals surface area contributed by atoms with Gasteiger partial charge in [0.05, 0.1) is 6.61 Å². The number of aliphatic hydroxyl groups is 1. The zero-order valence-electron chi connectivity index (χ0n) is 20.2. The number of aliphatic hydroxyl groups excluding tert-OH is 1. The largest absolute Gasteiger partial charge is 0.488 e. The van der Waals surface area contributed by atoms with Crippen LogP contribution >= 0.6 is 0 Å². The first-order chi connectivity index (χ1) is 16.2. The second kappa shape index (κ2) is 11.8. The Bertz CT molecular complexity index is 954. The van der Waals surface area contributed by atoms with Crippen molar-refractivity contribution in [2.45, 2.75) is 64.5 Å². The van der Waals surface area contributed by atoms with Crippen LogP contribution in [0, 0.1) is 17.6 Å². The quantitative estimate of drug-likeness (QED) is 0.446. The smallest absolute Gasteiger partial charge is 0.306 e. The number of benzene rings is 2. The molecular formula is C27H35F2NO4. The van der Waals surface area contributed by atoms with E-state index in [0.717, 1.165) is 19.3 Å². The lowest BCUT2D eigenvalue weighted by Gasteiger charge is -2.30. The Kier molecular flexibility index (Phi) is 9.03. The summed E-state index contributed by atoms with van der Waals surface area (Å²) < 4.78 is 38.9. The third kappa shape index (κ3) is 7.24. The highest BCUT2D eigenvalue weighted by atomic mass is 19.2. The highest BCUT2D eigenvalue weighted by Gasteiger charge is 2.28.